The molecule has 2 atom stereocenters. The van der Waals surface area contributed by atoms with Crippen LogP contribution in [0.2, 0.25) is 0 Å². The first-order chi connectivity index (χ1) is 8.68. The number of carbonyl (C=O) groups is 2. The van der Waals surface area contributed by atoms with Crippen molar-refractivity contribution in [3.63, 3.8) is 0 Å². The molecular formula is C13H27N3O3. The lowest BCUT2D eigenvalue weighted by atomic mass is 9.76. The Morgan fingerprint density at radius 1 is 1.26 bits per heavy atom. The van der Waals surface area contributed by atoms with Gasteiger partial charge in [-0.3, -0.25) is 9.59 Å². The van der Waals surface area contributed by atoms with Crippen LogP contribution in [-0.2, 0) is 9.59 Å². The molecule has 112 valence electrons. The Kier molecular flexibility index (Phi) is 7.63. The fourth-order valence-corrected chi connectivity index (χ4v) is 1.92. The number of aliphatic hydroxyl groups excluding tert-OH is 1. The SMILES string of the molecule is CC(C)(C)C(CCN)CCC(=O)NCC(O)C(N)=O. The number of nitrogens with one attached hydrogen (secondary N) is 1. The molecule has 19 heavy (non-hydrogen) atoms. The first-order valence-corrected chi connectivity index (χ1v) is 6.62. The summed E-state index contributed by atoms with van der Waals surface area (Å²) >= 11 is 0. The number of aliphatic hydroxyl groups is 1. The van der Waals surface area contributed by atoms with Gasteiger partial charge in [0.1, 0.15) is 6.10 Å². The van der Waals surface area contributed by atoms with Gasteiger partial charge in [-0.2, -0.15) is 0 Å². The molecule has 0 fully saturated rings. The van der Waals surface area contributed by atoms with E-state index in [2.05, 4.69) is 26.1 Å². The predicted octanol–water partition coefficient (Wildman–Crippen LogP) is -0.260. The Morgan fingerprint density at radius 2 is 1.84 bits per heavy atom. The second-order valence-electron chi connectivity index (χ2n) is 5.90. The smallest absolute Gasteiger partial charge is 0.248 e. The number of primary amides is 1. The van der Waals surface area contributed by atoms with Crippen LogP contribution in [0.15, 0.2) is 0 Å². The summed E-state index contributed by atoms with van der Waals surface area (Å²) in [6.07, 6.45) is 0.638. The minimum atomic E-state index is -1.33. The summed E-state index contributed by atoms with van der Waals surface area (Å²) in [5.74, 6) is -0.660. The van der Waals surface area contributed by atoms with Gasteiger partial charge in [0.05, 0.1) is 6.54 Å². The fraction of sp³-hybridized carbons (Fsp3) is 0.846. The third kappa shape index (κ3) is 7.79. The monoisotopic (exact) mass is 273 g/mol. The highest BCUT2D eigenvalue weighted by Crippen LogP contribution is 2.31. The van der Waals surface area contributed by atoms with E-state index in [9.17, 15) is 9.59 Å². The predicted molar refractivity (Wildman–Crippen MR) is 74.1 cm³/mol. The molecule has 0 heterocycles. The Labute approximate surface area is 114 Å². The van der Waals surface area contributed by atoms with Crippen molar-refractivity contribution in [3.05, 3.63) is 0 Å². The van der Waals surface area contributed by atoms with Crippen molar-refractivity contribution in [2.45, 2.75) is 46.1 Å². The first-order valence-electron chi connectivity index (χ1n) is 6.62. The van der Waals surface area contributed by atoms with Gasteiger partial charge in [0.25, 0.3) is 0 Å². The average Bonchev–Trinajstić information content (AvgIpc) is 2.29. The van der Waals surface area contributed by atoms with Gasteiger partial charge < -0.3 is 21.9 Å². The summed E-state index contributed by atoms with van der Waals surface area (Å²) < 4.78 is 0. The fourth-order valence-electron chi connectivity index (χ4n) is 1.92. The highest BCUT2D eigenvalue weighted by molar-refractivity contribution is 5.80. The van der Waals surface area contributed by atoms with E-state index in [1.165, 1.54) is 0 Å². The quantitative estimate of drug-likeness (QED) is 0.487. The van der Waals surface area contributed by atoms with Gasteiger partial charge in [0.15, 0.2) is 0 Å². The van der Waals surface area contributed by atoms with Crippen LogP contribution in [-0.4, -0.2) is 36.1 Å². The largest absolute Gasteiger partial charge is 0.381 e. The third-order valence-corrected chi connectivity index (χ3v) is 3.28. The van der Waals surface area contributed by atoms with E-state index in [0.717, 1.165) is 12.8 Å². The molecule has 2 unspecified atom stereocenters. The zero-order valence-electron chi connectivity index (χ0n) is 12.1. The topological polar surface area (TPSA) is 118 Å². The van der Waals surface area contributed by atoms with Crippen molar-refractivity contribution in [1.29, 1.82) is 0 Å². The number of hydrogen-bond acceptors (Lipinski definition) is 4. The minimum Gasteiger partial charge on any atom is -0.381 e. The maximum absolute atomic E-state index is 11.6. The van der Waals surface area contributed by atoms with Crippen LogP contribution in [0.5, 0.6) is 0 Å². The van der Waals surface area contributed by atoms with Crippen LogP contribution in [0.1, 0.15) is 40.0 Å². The van der Waals surface area contributed by atoms with Gasteiger partial charge in [-0.15, -0.1) is 0 Å². The molecule has 0 aliphatic heterocycles. The van der Waals surface area contributed by atoms with E-state index in [1.54, 1.807) is 0 Å². The van der Waals surface area contributed by atoms with Crippen molar-refractivity contribution in [1.82, 2.24) is 5.32 Å². The standard InChI is InChI=1S/C13H27N3O3/c1-13(2,3)9(6-7-14)4-5-11(18)16-8-10(17)12(15)19/h9-10,17H,4-8,14H2,1-3H3,(H2,15,19)(H,16,18). The van der Waals surface area contributed by atoms with Crippen molar-refractivity contribution >= 4 is 11.8 Å². The zero-order chi connectivity index (χ0) is 15.1. The molecular weight excluding hydrogens is 246 g/mol. The van der Waals surface area contributed by atoms with Gasteiger partial charge in [-0.1, -0.05) is 20.8 Å². The maximum Gasteiger partial charge on any atom is 0.248 e. The highest BCUT2D eigenvalue weighted by atomic mass is 16.3. The maximum atomic E-state index is 11.6. The molecule has 6 nitrogen and oxygen atoms in total. The van der Waals surface area contributed by atoms with Crippen LogP contribution in [0.3, 0.4) is 0 Å². The highest BCUT2D eigenvalue weighted by Gasteiger charge is 2.24. The number of amides is 2. The van der Waals surface area contributed by atoms with E-state index < -0.39 is 12.0 Å². The number of nitrogens with two attached hydrogens (primary N) is 2. The Bertz CT molecular complexity index is 300. The van der Waals surface area contributed by atoms with Crippen LogP contribution in [0, 0.1) is 11.3 Å². The van der Waals surface area contributed by atoms with E-state index >= 15 is 0 Å². The summed E-state index contributed by atoms with van der Waals surface area (Å²) in [6.45, 7) is 6.85. The Hall–Kier alpha value is -1.14. The molecule has 0 aromatic rings. The van der Waals surface area contributed by atoms with E-state index in [1.807, 2.05) is 0 Å². The molecule has 0 saturated heterocycles. The molecule has 0 aromatic heterocycles. The number of hydrogen-bond donors (Lipinski definition) is 4. The summed E-state index contributed by atoms with van der Waals surface area (Å²) in [6, 6.07) is 0. The van der Waals surface area contributed by atoms with Crippen molar-refractivity contribution in [2.75, 3.05) is 13.1 Å². The molecule has 0 saturated carbocycles. The molecule has 2 amide bonds. The second kappa shape index (κ2) is 8.12. The lowest BCUT2D eigenvalue weighted by Gasteiger charge is -2.30. The summed E-state index contributed by atoms with van der Waals surface area (Å²) in [7, 11) is 0. The normalized spacial score (nSPS) is 14.8. The second-order valence-corrected chi connectivity index (χ2v) is 5.90. The van der Waals surface area contributed by atoms with Crippen LogP contribution in [0.25, 0.3) is 0 Å². The van der Waals surface area contributed by atoms with Crippen molar-refractivity contribution in [2.24, 2.45) is 22.8 Å². The van der Waals surface area contributed by atoms with Gasteiger partial charge in [-0.05, 0) is 30.7 Å². The molecule has 0 aliphatic carbocycles. The van der Waals surface area contributed by atoms with Crippen LogP contribution in [0.4, 0.5) is 0 Å². The molecule has 6 heteroatoms. The van der Waals surface area contributed by atoms with Gasteiger partial charge in [0, 0.05) is 6.42 Å². The molecule has 0 rings (SSSR count). The van der Waals surface area contributed by atoms with E-state index in [0.29, 0.717) is 18.9 Å². The molecule has 0 spiro atoms. The number of carbonyl (C=O) groups excluding carboxylic acids is 2. The molecule has 6 N–H and O–H groups in total. The third-order valence-electron chi connectivity index (χ3n) is 3.28. The van der Waals surface area contributed by atoms with Crippen LogP contribution >= 0.6 is 0 Å². The molecule has 0 bridgehead atoms. The minimum absolute atomic E-state index is 0.104. The summed E-state index contributed by atoms with van der Waals surface area (Å²) in [5, 5.41) is 11.7. The molecule has 0 aromatic carbocycles. The van der Waals surface area contributed by atoms with E-state index in [-0.39, 0.29) is 17.9 Å². The lowest BCUT2D eigenvalue weighted by molar-refractivity contribution is -0.127. The molecule has 0 radical (unpaired) electrons. The van der Waals surface area contributed by atoms with Gasteiger partial charge >= 0.3 is 0 Å². The first kappa shape index (κ1) is 17.9. The van der Waals surface area contributed by atoms with Gasteiger partial charge in [-0.25, -0.2) is 0 Å². The van der Waals surface area contributed by atoms with Crippen LogP contribution < -0.4 is 16.8 Å². The summed E-state index contributed by atoms with van der Waals surface area (Å²) in [4.78, 5) is 22.2. The number of rotatable bonds is 8. The van der Waals surface area contributed by atoms with Crippen molar-refractivity contribution in [3.8, 4) is 0 Å². The average molecular weight is 273 g/mol. The summed E-state index contributed by atoms with van der Waals surface area (Å²) in [5.41, 5.74) is 10.6. The zero-order valence-corrected chi connectivity index (χ0v) is 12.1. The van der Waals surface area contributed by atoms with Crippen molar-refractivity contribution < 1.29 is 14.7 Å². The van der Waals surface area contributed by atoms with E-state index in [4.69, 9.17) is 16.6 Å². The Morgan fingerprint density at radius 3 is 2.26 bits per heavy atom. The van der Waals surface area contributed by atoms with Gasteiger partial charge in [0.2, 0.25) is 11.8 Å². The Balaban J connectivity index is 4.09. The lowest BCUT2D eigenvalue weighted by Crippen LogP contribution is -2.40. The molecule has 0 aliphatic rings.